The second-order valence-corrected chi connectivity index (χ2v) is 6.33. The molecule has 1 aromatic carbocycles. The molecule has 5 heteroatoms. The van der Waals surface area contributed by atoms with Crippen LogP contribution in [-0.4, -0.2) is 17.7 Å². The first-order valence-electron chi connectivity index (χ1n) is 7.60. The van der Waals surface area contributed by atoms with Crippen LogP contribution in [0.3, 0.4) is 0 Å². The van der Waals surface area contributed by atoms with Crippen molar-refractivity contribution in [3.63, 3.8) is 0 Å². The van der Waals surface area contributed by atoms with Gasteiger partial charge in [0.15, 0.2) is 5.78 Å². The SMILES string of the molecule is CC(=O)c1ccc(NC(=O)[C@H]2[C@@H]3CC[C@@H](C3)[C@@H]2C(=O)[O-])cc1. The van der Waals surface area contributed by atoms with Crippen molar-refractivity contribution in [2.24, 2.45) is 23.7 Å². The molecule has 0 aliphatic heterocycles. The number of anilines is 1. The molecule has 0 aromatic heterocycles. The van der Waals surface area contributed by atoms with E-state index in [4.69, 9.17) is 0 Å². The Morgan fingerprint density at radius 3 is 2.18 bits per heavy atom. The van der Waals surface area contributed by atoms with E-state index in [9.17, 15) is 19.5 Å². The van der Waals surface area contributed by atoms with Crippen molar-refractivity contribution >= 4 is 23.3 Å². The topological polar surface area (TPSA) is 86.3 Å². The molecule has 0 spiro atoms. The van der Waals surface area contributed by atoms with Crippen molar-refractivity contribution in [2.45, 2.75) is 26.2 Å². The van der Waals surface area contributed by atoms with Crippen molar-refractivity contribution in [3.05, 3.63) is 29.8 Å². The number of benzene rings is 1. The minimum absolute atomic E-state index is 0.0389. The molecule has 3 rings (SSSR count). The highest BCUT2D eigenvalue weighted by Crippen LogP contribution is 2.52. The van der Waals surface area contributed by atoms with Crippen LogP contribution in [0, 0.1) is 23.7 Å². The summed E-state index contributed by atoms with van der Waals surface area (Å²) in [4.78, 5) is 35.1. The molecule has 116 valence electrons. The minimum atomic E-state index is -1.11. The lowest BCUT2D eigenvalue weighted by atomic mass is 9.78. The molecule has 2 aliphatic rings. The van der Waals surface area contributed by atoms with E-state index in [1.807, 2.05) is 0 Å². The second kappa shape index (κ2) is 5.55. The monoisotopic (exact) mass is 300 g/mol. The molecular formula is C17H18NO4-. The number of amides is 1. The van der Waals surface area contributed by atoms with Gasteiger partial charge in [-0.3, -0.25) is 9.59 Å². The van der Waals surface area contributed by atoms with E-state index in [-0.39, 0.29) is 23.5 Å². The predicted octanol–water partition coefficient (Wildman–Crippen LogP) is 1.24. The maximum absolute atomic E-state index is 12.5. The lowest BCUT2D eigenvalue weighted by Gasteiger charge is -2.30. The van der Waals surface area contributed by atoms with Gasteiger partial charge in [-0.25, -0.2) is 0 Å². The summed E-state index contributed by atoms with van der Waals surface area (Å²) in [5.74, 6) is -2.36. The maximum atomic E-state index is 12.5. The van der Waals surface area contributed by atoms with Crippen LogP contribution in [0.25, 0.3) is 0 Å². The van der Waals surface area contributed by atoms with Gasteiger partial charge < -0.3 is 15.2 Å². The first-order chi connectivity index (χ1) is 10.5. The number of hydrogen-bond acceptors (Lipinski definition) is 4. The van der Waals surface area contributed by atoms with E-state index in [1.165, 1.54) is 6.92 Å². The van der Waals surface area contributed by atoms with Gasteiger partial charge in [-0.05, 0) is 62.3 Å². The Hall–Kier alpha value is -2.17. The van der Waals surface area contributed by atoms with Crippen molar-refractivity contribution in [1.82, 2.24) is 0 Å². The van der Waals surface area contributed by atoms with Gasteiger partial charge >= 0.3 is 0 Å². The Kier molecular flexibility index (Phi) is 3.72. The van der Waals surface area contributed by atoms with Gasteiger partial charge in [-0.2, -0.15) is 0 Å². The van der Waals surface area contributed by atoms with Crippen LogP contribution in [0.15, 0.2) is 24.3 Å². The summed E-state index contributed by atoms with van der Waals surface area (Å²) in [6.45, 7) is 1.48. The van der Waals surface area contributed by atoms with Crippen LogP contribution in [0.4, 0.5) is 5.69 Å². The molecule has 0 radical (unpaired) electrons. The Morgan fingerprint density at radius 1 is 1.05 bits per heavy atom. The average Bonchev–Trinajstić information content (AvgIpc) is 3.08. The quantitative estimate of drug-likeness (QED) is 0.848. The van der Waals surface area contributed by atoms with E-state index in [0.717, 1.165) is 19.3 Å². The number of Topliss-reactive ketones (excluding diaryl/α,β-unsaturated/α-hetero) is 1. The number of carbonyl (C=O) groups is 3. The van der Waals surface area contributed by atoms with Crippen LogP contribution in [-0.2, 0) is 9.59 Å². The normalized spacial score (nSPS) is 29.3. The van der Waals surface area contributed by atoms with E-state index in [0.29, 0.717) is 11.3 Å². The highest BCUT2D eigenvalue weighted by Gasteiger charge is 2.51. The molecule has 22 heavy (non-hydrogen) atoms. The largest absolute Gasteiger partial charge is 0.550 e. The number of aliphatic carboxylic acids is 1. The fourth-order valence-corrected chi connectivity index (χ4v) is 4.02. The molecule has 1 N–H and O–H groups in total. The Balaban J connectivity index is 1.73. The molecule has 2 saturated carbocycles. The van der Waals surface area contributed by atoms with Crippen molar-refractivity contribution in [2.75, 3.05) is 5.32 Å². The zero-order valence-corrected chi connectivity index (χ0v) is 12.4. The smallest absolute Gasteiger partial charge is 0.228 e. The van der Waals surface area contributed by atoms with Gasteiger partial charge in [0.05, 0.1) is 0 Å². The van der Waals surface area contributed by atoms with Crippen LogP contribution in [0.2, 0.25) is 0 Å². The van der Waals surface area contributed by atoms with Crippen LogP contribution >= 0.6 is 0 Å². The van der Waals surface area contributed by atoms with Crippen LogP contribution < -0.4 is 10.4 Å². The lowest BCUT2D eigenvalue weighted by molar-refractivity contribution is -0.314. The summed E-state index contributed by atoms with van der Waals surface area (Å²) in [6, 6.07) is 6.62. The number of ketones is 1. The molecule has 0 unspecified atom stereocenters. The van der Waals surface area contributed by atoms with E-state index in [1.54, 1.807) is 24.3 Å². The first-order valence-corrected chi connectivity index (χ1v) is 7.60. The summed E-state index contributed by atoms with van der Waals surface area (Å²) < 4.78 is 0. The van der Waals surface area contributed by atoms with Gasteiger partial charge in [0.1, 0.15) is 0 Å². The fourth-order valence-electron chi connectivity index (χ4n) is 4.02. The number of nitrogens with one attached hydrogen (secondary N) is 1. The summed E-state index contributed by atoms with van der Waals surface area (Å²) in [6.07, 6.45) is 2.59. The molecule has 5 nitrogen and oxygen atoms in total. The highest BCUT2D eigenvalue weighted by molar-refractivity contribution is 5.97. The zero-order valence-electron chi connectivity index (χ0n) is 12.4. The molecule has 2 aliphatic carbocycles. The Labute approximate surface area is 128 Å². The van der Waals surface area contributed by atoms with Crippen molar-refractivity contribution in [1.29, 1.82) is 0 Å². The van der Waals surface area contributed by atoms with E-state index in [2.05, 4.69) is 5.32 Å². The molecule has 1 amide bonds. The Bertz CT molecular complexity index is 622. The fraction of sp³-hybridized carbons (Fsp3) is 0.471. The summed E-state index contributed by atoms with van der Waals surface area (Å²) in [5.41, 5.74) is 1.15. The van der Waals surface area contributed by atoms with Crippen molar-refractivity contribution < 1.29 is 19.5 Å². The summed E-state index contributed by atoms with van der Waals surface area (Å²) >= 11 is 0. The highest BCUT2D eigenvalue weighted by atomic mass is 16.4. The predicted molar refractivity (Wildman–Crippen MR) is 77.9 cm³/mol. The van der Waals surface area contributed by atoms with E-state index < -0.39 is 17.8 Å². The Morgan fingerprint density at radius 2 is 1.64 bits per heavy atom. The minimum Gasteiger partial charge on any atom is -0.550 e. The molecule has 4 atom stereocenters. The van der Waals surface area contributed by atoms with Gasteiger partial charge in [0, 0.05) is 29.1 Å². The van der Waals surface area contributed by atoms with Crippen molar-refractivity contribution in [3.8, 4) is 0 Å². The zero-order chi connectivity index (χ0) is 15.9. The van der Waals surface area contributed by atoms with E-state index >= 15 is 0 Å². The van der Waals surface area contributed by atoms with Crippen LogP contribution in [0.5, 0.6) is 0 Å². The third-order valence-corrected chi connectivity index (χ3v) is 5.05. The average molecular weight is 300 g/mol. The number of carboxylic acids is 1. The standard InChI is InChI=1S/C17H19NO4/c1-9(19)10-4-6-13(7-5-10)18-16(20)14-11-2-3-12(8-11)15(14)17(21)22/h4-7,11-12,14-15H,2-3,8H2,1H3,(H,18,20)(H,21,22)/p-1/t11-,12+,14+,15+/m1/s1. The number of carboxylic acid groups (broad SMARTS) is 1. The number of carbonyl (C=O) groups excluding carboxylic acids is 3. The number of hydrogen-bond donors (Lipinski definition) is 1. The second-order valence-electron chi connectivity index (χ2n) is 6.33. The maximum Gasteiger partial charge on any atom is 0.228 e. The number of fused-ring (bicyclic) bond motifs is 2. The third-order valence-electron chi connectivity index (χ3n) is 5.05. The summed E-state index contributed by atoms with van der Waals surface area (Å²) in [7, 11) is 0. The van der Waals surface area contributed by atoms with Crippen LogP contribution in [0.1, 0.15) is 36.5 Å². The molecule has 2 fully saturated rings. The molecule has 0 heterocycles. The summed E-state index contributed by atoms with van der Waals surface area (Å²) in [5, 5.41) is 14.1. The molecule has 1 aromatic rings. The molecular weight excluding hydrogens is 282 g/mol. The first kappa shape index (κ1) is 14.8. The van der Waals surface area contributed by atoms with Gasteiger partial charge in [-0.1, -0.05) is 0 Å². The lowest BCUT2D eigenvalue weighted by Crippen LogP contribution is -2.43. The van der Waals surface area contributed by atoms with Gasteiger partial charge in [-0.15, -0.1) is 0 Å². The molecule has 2 bridgehead atoms. The third kappa shape index (κ3) is 2.51. The molecule has 0 saturated heterocycles. The van der Waals surface area contributed by atoms with Gasteiger partial charge in [0.2, 0.25) is 5.91 Å². The van der Waals surface area contributed by atoms with Gasteiger partial charge in [0.25, 0.3) is 0 Å². The number of rotatable bonds is 4.